The summed E-state index contributed by atoms with van der Waals surface area (Å²) in [5.74, 6) is -0.0769. The molecule has 4 nitrogen and oxygen atoms in total. The molecular formula is C16H24ClNO3S. The Morgan fingerprint density at radius 3 is 2.73 bits per heavy atom. The van der Waals surface area contributed by atoms with Crippen molar-refractivity contribution in [2.24, 2.45) is 0 Å². The van der Waals surface area contributed by atoms with Gasteiger partial charge in [-0.25, -0.2) is 0 Å². The van der Waals surface area contributed by atoms with Crippen LogP contribution in [0.1, 0.15) is 30.5 Å². The van der Waals surface area contributed by atoms with Gasteiger partial charge in [-0.1, -0.05) is 20.8 Å². The molecule has 1 aromatic heterocycles. The molecule has 0 aromatic carbocycles. The van der Waals surface area contributed by atoms with Crippen molar-refractivity contribution in [1.82, 2.24) is 4.90 Å². The van der Waals surface area contributed by atoms with Gasteiger partial charge in [0.1, 0.15) is 5.88 Å². The molecule has 1 aliphatic rings. The van der Waals surface area contributed by atoms with Crippen molar-refractivity contribution < 1.29 is 14.3 Å². The van der Waals surface area contributed by atoms with E-state index in [0.29, 0.717) is 32.9 Å². The summed E-state index contributed by atoms with van der Waals surface area (Å²) in [6.07, 6.45) is -0.0667. The molecule has 1 aliphatic heterocycles. The Hall–Kier alpha value is -0.620. The summed E-state index contributed by atoms with van der Waals surface area (Å²) in [4.78, 5) is 16.3. The standard InChI is InChI=1S/C16H24ClNO3S/c1-16(2,3)14-5-4-13(22-14)10-18(15(19)8-17)9-12-11-20-6-7-21-12/h4-5,12H,6-11H2,1-3H3/t12-/m1/s1. The van der Waals surface area contributed by atoms with Crippen LogP contribution in [-0.2, 0) is 26.2 Å². The van der Waals surface area contributed by atoms with E-state index in [0.717, 1.165) is 0 Å². The zero-order valence-electron chi connectivity index (χ0n) is 13.4. The lowest BCUT2D eigenvalue weighted by Crippen LogP contribution is -2.42. The Bertz CT molecular complexity index is 492. The van der Waals surface area contributed by atoms with Gasteiger partial charge in [-0.05, 0) is 17.5 Å². The molecule has 0 N–H and O–H groups in total. The lowest BCUT2D eigenvalue weighted by Gasteiger charge is -2.29. The molecule has 22 heavy (non-hydrogen) atoms. The Kier molecular flexibility index (Phi) is 6.26. The van der Waals surface area contributed by atoms with E-state index < -0.39 is 0 Å². The van der Waals surface area contributed by atoms with Crippen molar-refractivity contribution in [3.63, 3.8) is 0 Å². The number of alkyl halides is 1. The minimum atomic E-state index is -0.0680. The molecule has 1 amide bonds. The first-order valence-electron chi connectivity index (χ1n) is 7.52. The van der Waals surface area contributed by atoms with Crippen molar-refractivity contribution in [3.8, 4) is 0 Å². The predicted molar refractivity (Wildman–Crippen MR) is 89.7 cm³/mol. The number of hydrogen-bond acceptors (Lipinski definition) is 4. The summed E-state index contributed by atoms with van der Waals surface area (Å²) >= 11 is 7.50. The zero-order valence-corrected chi connectivity index (χ0v) is 15.0. The van der Waals surface area contributed by atoms with Gasteiger partial charge in [-0.3, -0.25) is 4.79 Å². The topological polar surface area (TPSA) is 38.8 Å². The highest BCUT2D eigenvalue weighted by atomic mass is 35.5. The fourth-order valence-corrected chi connectivity index (χ4v) is 3.53. The molecule has 1 saturated heterocycles. The van der Waals surface area contributed by atoms with Crippen molar-refractivity contribution >= 4 is 28.8 Å². The number of halogens is 1. The van der Waals surface area contributed by atoms with Gasteiger partial charge in [0.25, 0.3) is 0 Å². The highest BCUT2D eigenvalue weighted by Crippen LogP contribution is 2.30. The second-order valence-electron chi connectivity index (χ2n) is 6.49. The number of carbonyl (C=O) groups excluding carboxylic acids is 1. The SMILES string of the molecule is CC(C)(C)c1ccc(CN(C[C@@H]2COCCO2)C(=O)CCl)s1. The monoisotopic (exact) mass is 345 g/mol. The molecular weight excluding hydrogens is 322 g/mol. The third-order valence-electron chi connectivity index (χ3n) is 3.52. The summed E-state index contributed by atoms with van der Waals surface area (Å²) in [6.45, 7) is 9.41. The Balaban J connectivity index is 2.02. The summed E-state index contributed by atoms with van der Waals surface area (Å²) in [7, 11) is 0. The average molecular weight is 346 g/mol. The van der Waals surface area contributed by atoms with E-state index in [1.165, 1.54) is 9.75 Å². The summed E-state index contributed by atoms with van der Waals surface area (Å²) in [5.41, 5.74) is 0.130. The Morgan fingerprint density at radius 1 is 1.41 bits per heavy atom. The molecule has 2 rings (SSSR count). The number of nitrogens with zero attached hydrogens (tertiary/aromatic N) is 1. The maximum atomic E-state index is 12.1. The number of carbonyl (C=O) groups is 1. The van der Waals surface area contributed by atoms with Gasteiger partial charge in [-0.15, -0.1) is 22.9 Å². The smallest absolute Gasteiger partial charge is 0.237 e. The average Bonchev–Trinajstić information content (AvgIpc) is 2.95. The van der Waals surface area contributed by atoms with Crippen LogP contribution in [0.2, 0.25) is 0 Å². The molecule has 0 unspecified atom stereocenters. The van der Waals surface area contributed by atoms with Crippen LogP contribution in [0.3, 0.4) is 0 Å². The van der Waals surface area contributed by atoms with Gasteiger partial charge in [0.05, 0.1) is 32.5 Å². The Morgan fingerprint density at radius 2 is 2.18 bits per heavy atom. The maximum absolute atomic E-state index is 12.1. The van der Waals surface area contributed by atoms with E-state index in [1.54, 1.807) is 16.2 Å². The van der Waals surface area contributed by atoms with E-state index in [9.17, 15) is 4.79 Å². The van der Waals surface area contributed by atoms with E-state index in [4.69, 9.17) is 21.1 Å². The lowest BCUT2D eigenvalue weighted by molar-refractivity contribution is -0.136. The van der Waals surface area contributed by atoms with Gasteiger partial charge >= 0.3 is 0 Å². The number of thiophene rings is 1. The number of amides is 1. The van der Waals surface area contributed by atoms with Gasteiger partial charge in [0.15, 0.2) is 0 Å². The molecule has 1 atom stereocenters. The first-order valence-corrected chi connectivity index (χ1v) is 8.87. The first kappa shape index (κ1) is 17.7. The normalized spacial score (nSPS) is 19.2. The number of rotatable bonds is 5. The highest BCUT2D eigenvalue weighted by molar-refractivity contribution is 7.12. The second kappa shape index (κ2) is 7.77. The van der Waals surface area contributed by atoms with Crippen LogP contribution < -0.4 is 0 Å². The largest absolute Gasteiger partial charge is 0.376 e. The predicted octanol–water partition coefficient (Wildman–Crippen LogP) is 3.03. The van der Waals surface area contributed by atoms with Crippen LogP contribution in [0, 0.1) is 0 Å². The van der Waals surface area contributed by atoms with Crippen LogP contribution in [0.15, 0.2) is 12.1 Å². The highest BCUT2D eigenvalue weighted by Gasteiger charge is 2.23. The van der Waals surface area contributed by atoms with Gasteiger partial charge in [0.2, 0.25) is 5.91 Å². The molecule has 0 radical (unpaired) electrons. The summed E-state index contributed by atoms with van der Waals surface area (Å²) < 4.78 is 11.0. The quantitative estimate of drug-likeness (QED) is 0.770. The molecule has 0 spiro atoms. The summed E-state index contributed by atoms with van der Waals surface area (Å²) in [5, 5.41) is 0. The van der Waals surface area contributed by atoms with Crippen molar-refractivity contribution in [3.05, 3.63) is 21.9 Å². The molecule has 2 heterocycles. The lowest BCUT2D eigenvalue weighted by atomic mass is 9.95. The fourth-order valence-electron chi connectivity index (χ4n) is 2.28. The van der Waals surface area contributed by atoms with Crippen molar-refractivity contribution in [2.45, 2.75) is 38.8 Å². The Labute approximate surface area is 141 Å². The van der Waals surface area contributed by atoms with Crippen LogP contribution >= 0.6 is 22.9 Å². The molecule has 1 aromatic rings. The number of hydrogen-bond donors (Lipinski definition) is 0. The fraction of sp³-hybridized carbons (Fsp3) is 0.688. The van der Waals surface area contributed by atoms with Crippen molar-refractivity contribution in [1.29, 1.82) is 0 Å². The van der Waals surface area contributed by atoms with Crippen molar-refractivity contribution in [2.75, 3.05) is 32.2 Å². The molecule has 0 bridgehead atoms. The van der Waals surface area contributed by atoms with Crippen LogP contribution in [0.5, 0.6) is 0 Å². The zero-order chi connectivity index (χ0) is 16.2. The molecule has 0 saturated carbocycles. The van der Waals surface area contributed by atoms with E-state index in [2.05, 4.69) is 32.9 Å². The molecule has 0 aliphatic carbocycles. The minimum absolute atomic E-state index is 0.00885. The second-order valence-corrected chi connectivity index (χ2v) is 7.93. The van der Waals surface area contributed by atoms with Gasteiger partial charge in [0, 0.05) is 16.3 Å². The van der Waals surface area contributed by atoms with Crippen LogP contribution in [0.4, 0.5) is 0 Å². The van der Waals surface area contributed by atoms with Crippen LogP contribution in [-0.4, -0.2) is 49.2 Å². The molecule has 1 fully saturated rings. The van der Waals surface area contributed by atoms with Gasteiger partial charge < -0.3 is 14.4 Å². The van der Waals surface area contributed by atoms with Crippen LogP contribution in [0.25, 0.3) is 0 Å². The maximum Gasteiger partial charge on any atom is 0.237 e. The summed E-state index contributed by atoms with van der Waals surface area (Å²) in [6, 6.07) is 4.24. The number of ether oxygens (including phenoxy) is 2. The molecule has 6 heteroatoms. The third kappa shape index (κ3) is 4.95. The third-order valence-corrected chi connectivity index (χ3v) is 5.25. The van der Waals surface area contributed by atoms with E-state index >= 15 is 0 Å². The van der Waals surface area contributed by atoms with Gasteiger partial charge in [-0.2, -0.15) is 0 Å². The van der Waals surface area contributed by atoms with E-state index in [1.807, 2.05) is 0 Å². The van der Waals surface area contributed by atoms with E-state index in [-0.39, 0.29) is 23.3 Å². The molecule has 124 valence electrons. The first-order chi connectivity index (χ1) is 10.4. The minimum Gasteiger partial charge on any atom is -0.376 e.